The summed E-state index contributed by atoms with van der Waals surface area (Å²) in [4.78, 5) is 37.4. The van der Waals surface area contributed by atoms with Gasteiger partial charge in [-0.1, -0.05) is 37.6 Å². The predicted octanol–water partition coefficient (Wildman–Crippen LogP) is 4.65. The van der Waals surface area contributed by atoms with E-state index in [1.165, 1.54) is 6.26 Å². The third-order valence-corrected chi connectivity index (χ3v) is 5.11. The Morgan fingerprint density at radius 3 is 2.24 bits per heavy atom. The number of anilines is 1. The Labute approximate surface area is 197 Å². The molecule has 172 valence electrons. The minimum atomic E-state index is -0.667. The van der Waals surface area contributed by atoms with Crippen LogP contribution in [0.2, 0.25) is 5.02 Å². The monoisotopic (exact) mass is 467 g/mol. The number of hydrogen-bond acceptors (Lipinski definition) is 4. The maximum Gasteiger partial charge on any atom is 0.291 e. The van der Waals surface area contributed by atoms with Crippen LogP contribution in [0.1, 0.15) is 46.7 Å². The summed E-state index contributed by atoms with van der Waals surface area (Å²) in [6.07, 6.45) is 1.94. The second kappa shape index (κ2) is 11.3. The Hall–Kier alpha value is -3.58. The molecule has 0 fully saturated rings. The molecule has 3 N–H and O–H groups in total. The summed E-state index contributed by atoms with van der Waals surface area (Å²) in [7, 11) is 0. The molecule has 0 aliphatic carbocycles. The Kier molecular flexibility index (Phi) is 8.27. The SMILES string of the molecule is CC(C)CC(NC(=O)c1ccc(Cl)cc1)C(=O)NCc1ccc(NC(=O)c2ccco2)cc1. The van der Waals surface area contributed by atoms with Crippen molar-refractivity contribution >= 4 is 35.0 Å². The summed E-state index contributed by atoms with van der Waals surface area (Å²) in [5.41, 5.74) is 1.90. The molecule has 0 aliphatic rings. The van der Waals surface area contributed by atoms with E-state index in [1.54, 1.807) is 48.5 Å². The van der Waals surface area contributed by atoms with Crippen molar-refractivity contribution in [2.75, 3.05) is 5.32 Å². The molecule has 0 saturated carbocycles. The summed E-state index contributed by atoms with van der Waals surface area (Å²) in [5, 5.41) is 8.97. The first-order chi connectivity index (χ1) is 15.8. The van der Waals surface area contributed by atoms with Crippen molar-refractivity contribution in [2.24, 2.45) is 5.92 Å². The molecular formula is C25H26ClN3O4. The van der Waals surface area contributed by atoms with E-state index in [2.05, 4.69) is 16.0 Å². The molecule has 0 bridgehead atoms. The van der Waals surface area contributed by atoms with Gasteiger partial charge in [0.05, 0.1) is 6.26 Å². The highest BCUT2D eigenvalue weighted by Gasteiger charge is 2.22. The predicted molar refractivity (Wildman–Crippen MR) is 127 cm³/mol. The van der Waals surface area contributed by atoms with E-state index in [0.29, 0.717) is 22.7 Å². The number of carbonyl (C=O) groups is 3. The van der Waals surface area contributed by atoms with Gasteiger partial charge in [-0.25, -0.2) is 0 Å². The summed E-state index contributed by atoms with van der Waals surface area (Å²) in [5.74, 6) is -0.495. The molecule has 0 spiro atoms. The van der Waals surface area contributed by atoms with E-state index in [0.717, 1.165) is 5.56 Å². The van der Waals surface area contributed by atoms with Crippen molar-refractivity contribution in [1.82, 2.24) is 10.6 Å². The molecule has 1 atom stereocenters. The van der Waals surface area contributed by atoms with Gasteiger partial charge in [0.1, 0.15) is 6.04 Å². The molecule has 1 aromatic heterocycles. The van der Waals surface area contributed by atoms with Crippen molar-refractivity contribution in [3.8, 4) is 0 Å². The minimum Gasteiger partial charge on any atom is -0.459 e. The number of furan rings is 1. The summed E-state index contributed by atoms with van der Waals surface area (Å²) >= 11 is 5.88. The lowest BCUT2D eigenvalue weighted by atomic mass is 10.0. The van der Waals surface area contributed by atoms with Gasteiger partial charge in [-0.15, -0.1) is 0 Å². The van der Waals surface area contributed by atoms with Gasteiger partial charge in [0.15, 0.2) is 5.76 Å². The fourth-order valence-electron chi connectivity index (χ4n) is 3.16. The fourth-order valence-corrected chi connectivity index (χ4v) is 3.29. The highest BCUT2D eigenvalue weighted by Crippen LogP contribution is 2.13. The Morgan fingerprint density at radius 2 is 1.64 bits per heavy atom. The lowest BCUT2D eigenvalue weighted by Crippen LogP contribution is -2.47. The average Bonchev–Trinajstić information content (AvgIpc) is 3.33. The molecular weight excluding hydrogens is 442 g/mol. The van der Waals surface area contributed by atoms with Gasteiger partial charge in [0, 0.05) is 22.8 Å². The fraction of sp³-hybridized carbons (Fsp3) is 0.240. The van der Waals surface area contributed by atoms with E-state index in [1.807, 2.05) is 26.0 Å². The van der Waals surface area contributed by atoms with E-state index in [-0.39, 0.29) is 35.9 Å². The third-order valence-electron chi connectivity index (χ3n) is 4.86. The first-order valence-corrected chi connectivity index (χ1v) is 11.0. The first-order valence-electron chi connectivity index (χ1n) is 10.6. The van der Waals surface area contributed by atoms with Crippen LogP contribution in [0, 0.1) is 5.92 Å². The van der Waals surface area contributed by atoms with Gasteiger partial charge >= 0.3 is 0 Å². The smallest absolute Gasteiger partial charge is 0.291 e. The normalized spacial score (nSPS) is 11.6. The Morgan fingerprint density at radius 1 is 0.939 bits per heavy atom. The van der Waals surface area contributed by atoms with E-state index in [4.69, 9.17) is 16.0 Å². The molecule has 1 heterocycles. The van der Waals surface area contributed by atoms with Crippen molar-refractivity contribution in [1.29, 1.82) is 0 Å². The van der Waals surface area contributed by atoms with Gasteiger partial charge in [-0.2, -0.15) is 0 Å². The maximum atomic E-state index is 12.8. The Bertz CT molecular complexity index is 1080. The molecule has 3 aromatic rings. The number of hydrogen-bond donors (Lipinski definition) is 3. The summed E-state index contributed by atoms with van der Waals surface area (Å²) in [6.45, 7) is 4.27. The third kappa shape index (κ3) is 7.22. The largest absolute Gasteiger partial charge is 0.459 e. The number of rotatable bonds is 9. The zero-order valence-corrected chi connectivity index (χ0v) is 19.2. The van der Waals surface area contributed by atoms with E-state index >= 15 is 0 Å². The van der Waals surface area contributed by atoms with Gasteiger partial charge in [-0.3, -0.25) is 14.4 Å². The zero-order chi connectivity index (χ0) is 23.8. The van der Waals surface area contributed by atoms with Gasteiger partial charge < -0.3 is 20.4 Å². The van der Waals surface area contributed by atoms with Crippen LogP contribution in [0.4, 0.5) is 5.69 Å². The first kappa shape index (κ1) is 24.1. The second-order valence-electron chi connectivity index (χ2n) is 8.01. The van der Waals surface area contributed by atoms with Crippen molar-refractivity contribution in [3.05, 3.63) is 88.8 Å². The zero-order valence-electron chi connectivity index (χ0n) is 18.4. The summed E-state index contributed by atoms with van der Waals surface area (Å²) in [6, 6.07) is 16.2. The van der Waals surface area contributed by atoms with Crippen LogP contribution in [0.15, 0.2) is 71.3 Å². The van der Waals surface area contributed by atoms with Crippen LogP contribution in [0.5, 0.6) is 0 Å². The molecule has 0 radical (unpaired) electrons. The number of amides is 3. The standard InChI is InChI=1S/C25H26ClN3O4/c1-16(2)14-21(29-23(30)18-7-9-19(26)10-8-18)24(31)27-15-17-5-11-20(12-6-17)28-25(32)22-4-3-13-33-22/h3-13,16,21H,14-15H2,1-2H3,(H,27,31)(H,28,32)(H,29,30). The highest BCUT2D eigenvalue weighted by molar-refractivity contribution is 6.30. The van der Waals surface area contributed by atoms with Gasteiger partial charge in [-0.05, 0) is 66.4 Å². The average molecular weight is 468 g/mol. The Balaban J connectivity index is 1.56. The molecule has 0 aliphatic heterocycles. The van der Waals surface area contributed by atoms with Crippen molar-refractivity contribution in [2.45, 2.75) is 32.9 Å². The minimum absolute atomic E-state index is 0.211. The molecule has 7 nitrogen and oxygen atoms in total. The lowest BCUT2D eigenvalue weighted by Gasteiger charge is -2.20. The molecule has 3 rings (SSSR count). The van der Waals surface area contributed by atoms with E-state index < -0.39 is 6.04 Å². The molecule has 3 amide bonds. The maximum absolute atomic E-state index is 12.8. The molecule has 8 heteroatoms. The van der Waals surface area contributed by atoms with Crippen LogP contribution in [0.3, 0.4) is 0 Å². The number of carbonyl (C=O) groups excluding carboxylic acids is 3. The molecule has 2 aromatic carbocycles. The quantitative estimate of drug-likeness (QED) is 0.426. The topological polar surface area (TPSA) is 100 Å². The lowest BCUT2D eigenvalue weighted by molar-refractivity contribution is -0.123. The van der Waals surface area contributed by atoms with Crippen LogP contribution in [-0.4, -0.2) is 23.8 Å². The number of benzene rings is 2. The van der Waals surface area contributed by atoms with Gasteiger partial charge in [0.2, 0.25) is 5.91 Å². The summed E-state index contributed by atoms with van der Waals surface area (Å²) < 4.78 is 5.07. The highest BCUT2D eigenvalue weighted by atomic mass is 35.5. The molecule has 33 heavy (non-hydrogen) atoms. The second-order valence-corrected chi connectivity index (χ2v) is 8.45. The van der Waals surface area contributed by atoms with Crippen LogP contribution in [-0.2, 0) is 11.3 Å². The molecule has 0 saturated heterocycles. The van der Waals surface area contributed by atoms with Crippen LogP contribution >= 0.6 is 11.6 Å². The van der Waals surface area contributed by atoms with Gasteiger partial charge in [0.25, 0.3) is 11.8 Å². The van der Waals surface area contributed by atoms with Crippen molar-refractivity contribution < 1.29 is 18.8 Å². The van der Waals surface area contributed by atoms with Crippen molar-refractivity contribution in [3.63, 3.8) is 0 Å². The van der Waals surface area contributed by atoms with E-state index in [9.17, 15) is 14.4 Å². The van der Waals surface area contributed by atoms with Crippen LogP contribution in [0.25, 0.3) is 0 Å². The number of nitrogens with one attached hydrogen (secondary N) is 3. The molecule has 1 unspecified atom stereocenters. The number of halogens is 1. The van der Waals surface area contributed by atoms with Crippen LogP contribution < -0.4 is 16.0 Å².